The highest BCUT2D eigenvalue weighted by atomic mass is 16.5. The number of hydrogen-bond acceptors (Lipinski definition) is 4. The second kappa shape index (κ2) is 7.42. The molecule has 22 heavy (non-hydrogen) atoms. The van der Waals surface area contributed by atoms with Crippen LogP contribution in [0, 0.1) is 17.2 Å². The highest BCUT2D eigenvalue weighted by molar-refractivity contribution is 6.00. The van der Waals surface area contributed by atoms with E-state index in [1.807, 2.05) is 6.07 Å². The molecule has 0 aliphatic carbocycles. The second-order valence-corrected chi connectivity index (χ2v) is 6.31. The maximum atomic E-state index is 11.8. The first kappa shape index (κ1) is 16.5. The lowest BCUT2D eigenvalue weighted by atomic mass is 10.0. The van der Waals surface area contributed by atoms with E-state index in [-0.39, 0.29) is 5.78 Å². The van der Waals surface area contributed by atoms with Crippen molar-refractivity contribution in [1.82, 2.24) is 0 Å². The van der Waals surface area contributed by atoms with Gasteiger partial charge in [-0.1, -0.05) is 13.8 Å². The van der Waals surface area contributed by atoms with Crippen molar-refractivity contribution in [2.75, 3.05) is 24.6 Å². The monoisotopic (exact) mass is 300 g/mol. The van der Waals surface area contributed by atoms with Crippen LogP contribution in [0.1, 0.15) is 49.5 Å². The second-order valence-electron chi connectivity index (χ2n) is 6.31. The zero-order valence-corrected chi connectivity index (χ0v) is 13.6. The number of anilines is 1. The highest BCUT2D eigenvalue weighted by Crippen LogP contribution is 2.27. The number of ether oxygens (including phenoxy) is 1. The van der Waals surface area contributed by atoms with Crippen molar-refractivity contribution in [2.45, 2.75) is 39.7 Å². The van der Waals surface area contributed by atoms with Gasteiger partial charge in [-0.3, -0.25) is 4.79 Å². The Hall–Kier alpha value is -1.86. The Balaban J connectivity index is 2.07. The molecule has 2 rings (SSSR count). The van der Waals surface area contributed by atoms with Crippen LogP contribution < -0.4 is 4.90 Å². The van der Waals surface area contributed by atoms with Crippen molar-refractivity contribution in [2.24, 2.45) is 5.92 Å². The largest absolute Gasteiger partial charge is 0.378 e. The van der Waals surface area contributed by atoms with Crippen LogP contribution in [0.3, 0.4) is 0 Å². The molecule has 0 radical (unpaired) electrons. The minimum Gasteiger partial charge on any atom is -0.378 e. The van der Waals surface area contributed by atoms with Crippen LogP contribution in [0.25, 0.3) is 0 Å². The predicted octanol–water partition coefficient (Wildman–Crippen LogP) is 3.40. The number of benzene rings is 1. The fraction of sp³-hybridized carbons (Fsp3) is 0.556. The molecule has 0 atom stereocenters. The molecule has 0 aromatic heterocycles. The molecule has 1 aromatic carbocycles. The summed E-state index contributed by atoms with van der Waals surface area (Å²) < 4.78 is 5.91. The summed E-state index contributed by atoms with van der Waals surface area (Å²) in [4.78, 5) is 14.0. The van der Waals surface area contributed by atoms with Gasteiger partial charge in [0.2, 0.25) is 0 Å². The third-order valence-electron chi connectivity index (χ3n) is 3.95. The molecule has 4 heteroatoms. The van der Waals surface area contributed by atoms with Crippen LogP contribution in [-0.2, 0) is 4.74 Å². The third-order valence-corrected chi connectivity index (χ3v) is 3.95. The van der Waals surface area contributed by atoms with E-state index in [0.717, 1.165) is 38.2 Å². The summed E-state index contributed by atoms with van der Waals surface area (Å²) in [7, 11) is 0. The Morgan fingerprint density at radius 2 is 2.09 bits per heavy atom. The van der Waals surface area contributed by atoms with Crippen LogP contribution in [0.5, 0.6) is 0 Å². The number of Topliss-reactive ketones (excluding diaryl/α,β-unsaturated/α-hetero) is 1. The molecule has 0 bridgehead atoms. The topological polar surface area (TPSA) is 53.3 Å². The van der Waals surface area contributed by atoms with E-state index in [2.05, 4.69) is 24.8 Å². The fourth-order valence-electron chi connectivity index (χ4n) is 2.75. The molecule has 0 spiro atoms. The van der Waals surface area contributed by atoms with Crippen molar-refractivity contribution in [1.29, 1.82) is 5.26 Å². The third kappa shape index (κ3) is 4.08. The van der Waals surface area contributed by atoms with E-state index >= 15 is 0 Å². The Morgan fingerprint density at radius 1 is 1.41 bits per heavy atom. The van der Waals surface area contributed by atoms with E-state index in [1.165, 1.54) is 0 Å². The summed E-state index contributed by atoms with van der Waals surface area (Å²) in [5.41, 5.74) is 2.17. The Bertz CT molecular complexity index is 567. The normalized spacial score (nSPS) is 15.9. The first-order chi connectivity index (χ1) is 10.5. The first-order valence-electron chi connectivity index (χ1n) is 7.93. The van der Waals surface area contributed by atoms with Gasteiger partial charge in [0.25, 0.3) is 0 Å². The number of carbonyl (C=O) groups excluding carboxylic acids is 1. The summed E-state index contributed by atoms with van der Waals surface area (Å²) in [6, 6.07) is 7.45. The Kier molecular flexibility index (Phi) is 5.57. The standard InChI is InChI=1S/C18H24N2O2/c1-13(2)12-22-16-6-8-20(9-7-16)18-10-15(11-19)4-5-17(18)14(3)21/h4-5,10,13,16H,6-9,12H2,1-3H3. The van der Waals surface area contributed by atoms with Crippen LogP contribution >= 0.6 is 0 Å². The van der Waals surface area contributed by atoms with Crippen molar-refractivity contribution in [3.05, 3.63) is 29.3 Å². The maximum Gasteiger partial charge on any atom is 0.161 e. The Labute approximate surface area is 132 Å². The summed E-state index contributed by atoms with van der Waals surface area (Å²) in [5.74, 6) is 0.590. The van der Waals surface area contributed by atoms with E-state index in [1.54, 1.807) is 19.1 Å². The molecule has 1 aliphatic rings. The van der Waals surface area contributed by atoms with Gasteiger partial charge in [0.15, 0.2) is 5.78 Å². The number of hydrogen-bond donors (Lipinski definition) is 0. The van der Waals surface area contributed by atoms with E-state index < -0.39 is 0 Å². The molecule has 118 valence electrons. The molecular formula is C18H24N2O2. The molecule has 1 fully saturated rings. The van der Waals surface area contributed by atoms with Crippen LogP contribution in [0.4, 0.5) is 5.69 Å². The fourth-order valence-corrected chi connectivity index (χ4v) is 2.75. The lowest BCUT2D eigenvalue weighted by molar-refractivity contribution is 0.0215. The molecule has 4 nitrogen and oxygen atoms in total. The van der Waals surface area contributed by atoms with Crippen molar-refractivity contribution >= 4 is 11.5 Å². The van der Waals surface area contributed by atoms with E-state index in [9.17, 15) is 4.79 Å². The molecule has 1 aromatic rings. The molecule has 1 heterocycles. The highest BCUT2D eigenvalue weighted by Gasteiger charge is 2.23. The minimum atomic E-state index is 0.0395. The van der Waals surface area contributed by atoms with Gasteiger partial charge in [0.1, 0.15) is 0 Å². The molecule has 0 N–H and O–H groups in total. The zero-order valence-electron chi connectivity index (χ0n) is 13.6. The molecule has 0 amide bonds. The summed E-state index contributed by atoms with van der Waals surface area (Å²) >= 11 is 0. The van der Waals surface area contributed by atoms with Gasteiger partial charge in [-0.05, 0) is 43.9 Å². The molecule has 0 unspecified atom stereocenters. The summed E-state index contributed by atoms with van der Waals surface area (Å²) in [6.45, 7) is 8.40. The van der Waals surface area contributed by atoms with Gasteiger partial charge in [-0.2, -0.15) is 5.26 Å². The quantitative estimate of drug-likeness (QED) is 0.782. The predicted molar refractivity (Wildman–Crippen MR) is 87.2 cm³/mol. The van der Waals surface area contributed by atoms with Gasteiger partial charge in [-0.25, -0.2) is 0 Å². The average molecular weight is 300 g/mol. The van der Waals surface area contributed by atoms with Crippen molar-refractivity contribution < 1.29 is 9.53 Å². The first-order valence-corrected chi connectivity index (χ1v) is 7.93. The SMILES string of the molecule is CC(=O)c1ccc(C#N)cc1N1CCC(OCC(C)C)CC1. The molecule has 0 saturated carbocycles. The maximum absolute atomic E-state index is 11.8. The number of rotatable bonds is 5. The van der Waals surface area contributed by atoms with Gasteiger partial charge >= 0.3 is 0 Å². The lowest BCUT2D eigenvalue weighted by Gasteiger charge is -2.34. The summed E-state index contributed by atoms with van der Waals surface area (Å²) in [5, 5.41) is 9.08. The number of ketones is 1. The van der Waals surface area contributed by atoms with Crippen LogP contribution in [-0.4, -0.2) is 31.6 Å². The van der Waals surface area contributed by atoms with Crippen LogP contribution in [0.15, 0.2) is 18.2 Å². The average Bonchev–Trinajstić information content (AvgIpc) is 2.52. The molecule has 1 saturated heterocycles. The number of nitriles is 1. The van der Waals surface area contributed by atoms with E-state index in [0.29, 0.717) is 23.1 Å². The van der Waals surface area contributed by atoms with Crippen molar-refractivity contribution in [3.63, 3.8) is 0 Å². The van der Waals surface area contributed by atoms with E-state index in [4.69, 9.17) is 10.00 Å². The van der Waals surface area contributed by atoms with Gasteiger partial charge in [0.05, 0.1) is 17.7 Å². The smallest absolute Gasteiger partial charge is 0.161 e. The summed E-state index contributed by atoms with van der Waals surface area (Å²) in [6.07, 6.45) is 2.22. The number of nitrogens with zero attached hydrogens (tertiary/aromatic N) is 2. The minimum absolute atomic E-state index is 0.0395. The van der Waals surface area contributed by atoms with Crippen molar-refractivity contribution in [3.8, 4) is 6.07 Å². The lowest BCUT2D eigenvalue weighted by Crippen LogP contribution is -2.38. The van der Waals surface area contributed by atoms with Gasteiger partial charge < -0.3 is 9.64 Å². The number of carbonyl (C=O) groups is 1. The Morgan fingerprint density at radius 3 is 2.64 bits per heavy atom. The number of piperidine rings is 1. The molecular weight excluding hydrogens is 276 g/mol. The van der Waals surface area contributed by atoms with Gasteiger partial charge in [0, 0.05) is 30.9 Å². The molecule has 1 aliphatic heterocycles. The zero-order chi connectivity index (χ0) is 16.1. The van der Waals surface area contributed by atoms with Gasteiger partial charge in [-0.15, -0.1) is 0 Å². The van der Waals surface area contributed by atoms with Crippen LogP contribution in [0.2, 0.25) is 0 Å².